The molecule has 10 heavy (non-hydrogen) atoms. The molecule has 0 fully saturated rings. The van der Waals surface area contributed by atoms with E-state index in [1.807, 2.05) is 6.08 Å². The predicted octanol–water partition coefficient (Wildman–Crippen LogP) is 2.82. The molecule has 0 spiro atoms. The van der Waals surface area contributed by atoms with Gasteiger partial charge in [0.15, 0.2) is 0 Å². The Morgan fingerprint density at radius 1 is 1.30 bits per heavy atom. The lowest BCUT2D eigenvalue weighted by atomic mass is 10.1. The summed E-state index contributed by atoms with van der Waals surface area (Å²) in [4.78, 5) is 0. The van der Waals surface area contributed by atoms with Gasteiger partial charge in [-0.3, -0.25) is 0 Å². The normalized spacial score (nSPS) is 10.3. The highest BCUT2D eigenvalue weighted by Crippen LogP contribution is 2.11. The maximum Gasteiger partial charge on any atom is -0.00617 e. The highest BCUT2D eigenvalue weighted by molar-refractivity contribution is 7.81. The average molecular weight is 176 g/mol. The van der Waals surface area contributed by atoms with E-state index in [1.165, 1.54) is 12.8 Å². The molecule has 0 nitrogen and oxygen atoms in total. The number of hydrogen-bond acceptors (Lipinski definition) is 2. The van der Waals surface area contributed by atoms with Crippen LogP contribution in [0.25, 0.3) is 0 Å². The molecule has 0 atom stereocenters. The second-order valence-corrected chi connectivity index (χ2v) is 3.18. The summed E-state index contributed by atoms with van der Waals surface area (Å²) in [5.41, 5.74) is 0. The van der Waals surface area contributed by atoms with Gasteiger partial charge in [-0.25, -0.2) is 0 Å². The van der Waals surface area contributed by atoms with Crippen molar-refractivity contribution in [2.45, 2.75) is 19.3 Å². The van der Waals surface area contributed by atoms with E-state index in [4.69, 9.17) is 0 Å². The van der Waals surface area contributed by atoms with Gasteiger partial charge in [-0.2, -0.15) is 25.3 Å². The van der Waals surface area contributed by atoms with Crippen molar-refractivity contribution in [3.63, 3.8) is 0 Å². The summed E-state index contributed by atoms with van der Waals surface area (Å²) in [7, 11) is 0. The van der Waals surface area contributed by atoms with Gasteiger partial charge in [-0.05, 0) is 36.7 Å². The van der Waals surface area contributed by atoms with Crippen molar-refractivity contribution in [2.24, 2.45) is 5.92 Å². The molecule has 0 heterocycles. The first-order valence-electron chi connectivity index (χ1n) is 3.67. The maximum atomic E-state index is 4.22. The minimum Gasteiger partial charge on any atom is -0.179 e. The lowest BCUT2D eigenvalue weighted by Crippen LogP contribution is -2.03. The van der Waals surface area contributed by atoms with E-state index < -0.39 is 0 Å². The molecule has 0 radical (unpaired) electrons. The molecule has 0 aromatic carbocycles. The Labute approximate surface area is 74.9 Å². The molecule has 60 valence electrons. The minimum atomic E-state index is 0.687. The summed E-state index contributed by atoms with van der Waals surface area (Å²) in [6.45, 7) is 3.67. The lowest BCUT2D eigenvalue weighted by Gasteiger charge is -2.08. The molecule has 0 aliphatic heterocycles. The van der Waals surface area contributed by atoms with Crippen molar-refractivity contribution >= 4 is 25.3 Å². The van der Waals surface area contributed by atoms with Crippen LogP contribution in [0.5, 0.6) is 0 Å². The van der Waals surface area contributed by atoms with Gasteiger partial charge in [0.25, 0.3) is 0 Å². The van der Waals surface area contributed by atoms with Crippen LogP contribution in [-0.4, -0.2) is 11.5 Å². The second-order valence-electron chi connectivity index (χ2n) is 2.45. The van der Waals surface area contributed by atoms with Gasteiger partial charge in [0.05, 0.1) is 0 Å². The molecule has 0 rings (SSSR count). The van der Waals surface area contributed by atoms with Crippen molar-refractivity contribution < 1.29 is 0 Å². The summed E-state index contributed by atoms with van der Waals surface area (Å²) >= 11 is 8.45. The Morgan fingerprint density at radius 3 is 2.30 bits per heavy atom. The largest absolute Gasteiger partial charge is 0.179 e. The highest BCUT2D eigenvalue weighted by Gasteiger charge is 2.01. The third-order valence-electron chi connectivity index (χ3n) is 1.54. The summed E-state index contributed by atoms with van der Waals surface area (Å²) in [5.74, 6) is 2.60. The smallest absolute Gasteiger partial charge is 0.00617 e. The van der Waals surface area contributed by atoms with E-state index in [0.717, 1.165) is 17.9 Å². The number of hydrogen-bond donors (Lipinski definition) is 2. The monoisotopic (exact) mass is 176 g/mol. The molecule has 2 heteroatoms. The van der Waals surface area contributed by atoms with Gasteiger partial charge in [-0.15, -0.1) is 6.58 Å². The summed E-state index contributed by atoms with van der Waals surface area (Å²) in [6.07, 6.45) is 5.56. The average Bonchev–Trinajstić information content (AvgIpc) is 1.99. The Morgan fingerprint density at radius 2 is 1.90 bits per heavy atom. The summed E-state index contributed by atoms with van der Waals surface area (Å²) in [6, 6.07) is 0. The first-order chi connectivity index (χ1) is 4.85. The Balaban J connectivity index is 3.16. The topological polar surface area (TPSA) is 0 Å². The molecule has 0 aliphatic carbocycles. The van der Waals surface area contributed by atoms with Crippen LogP contribution in [0.4, 0.5) is 0 Å². The van der Waals surface area contributed by atoms with E-state index in [-0.39, 0.29) is 0 Å². The molecule has 0 aliphatic rings. The maximum absolute atomic E-state index is 4.22. The molecule has 0 bridgehead atoms. The molecule has 0 N–H and O–H groups in total. The first-order valence-corrected chi connectivity index (χ1v) is 4.94. The Hall–Kier alpha value is 0.440. The van der Waals surface area contributed by atoms with E-state index in [9.17, 15) is 0 Å². The molecule has 0 aromatic rings. The van der Waals surface area contributed by atoms with E-state index >= 15 is 0 Å². The SMILES string of the molecule is C=CCCCC(CS)CS. The Kier molecular flexibility index (Phi) is 7.88. The third-order valence-corrected chi connectivity index (χ3v) is 2.57. The van der Waals surface area contributed by atoms with Gasteiger partial charge < -0.3 is 0 Å². The number of unbranched alkanes of at least 4 members (excludes halogenated alkanes) is 1. The highest BCUT2D eigenvalue weighted by atomic mass is 32.1. The second kappa shape index (κ2) is 7.55. The van der Waals surface area contributed by atoms with Crippen molar-refractivity contribution in [3.8, 4) is 0 Å². The fraction of sp³-hybridized carbons (Fsp3) is 0.750. The van der Waals surface area contributed by atoms with Crippen molar-refractivity contribution in [1.82, 2.24) is 0 Å². The predicted molar refractivity (Wildman–Crippen MR) is 55.2 cm³/mol. The van der Waals surface area contributed by atoms with Crippen molar-refractivity contribution in [2.75, 3.05) is 11.5 Å². The fourth-order valence-corrected chi connectivity index (χ4v) is 1.62. The first kappa shape index (κ1) is 10.4. The zero-order valence-electron chi connectivity index (χ0n) is 6.29. The van der Waals surface area contributed by atoms with Gasteiger partial charge in [-0.1, -0.05) is 6.08 Å². The number of rotatable bonds is 6. The molecule has 0 saturated carbocycles. The zero-order valence-corrected chi connectivity index (χ0v) is 8.08. The van der Waals surface area contributed by atoms with Gasteiger partial charge in [0, 0.05) is 0 Å². The van der Waals surface area contributed by atoms with Crippen LogP contribution >= 0.6 is 25.3 Å². The van der Waals surface area contributed by atoms with E-state index in [2.05, 4.69) is 31.8 Å². The molecule has 0 amide bonds. The standard InChI is InChI=1S/C8H16S2/c1-2-3-4-5-8(6-9)7-10/h2,8-10H,1,3-7H2. The zero-order chi connectivity index (χ0) is 7.82. The third kappa shape index (κ3) is 5.24. The van der Waals surface area contributed by atoms with E-state index in [1.54, 1.807) is 0 Å². The molecular weight excluding hydrogens is 160 g/mol. The van der Waals surface area contributed by atoms with Gasteiger partial charge in [0.1, 0.15) is 0 Å². The summed E-state index contributed by atoms with van der Waals surface area (Å²) < 4.78 is 0. The van der Waals surface area contributed by atoms with Crippen molar-refractivity contribution in [1.29, 1.82) is 0 Å². The van der Waals surface area contributed by atoms with E-state index in [0.29, 0.717) is 5.92 Å². The van der Waals surface area contributed by atoms with Crippen LogP contribution in [0.2, 0.25) is 0 Å². The lowest BCUT2D eigenvalue weighted by molar-refractivity contribution is 0.579. The van der Waals surface area contributed by atoms with Gasteiger partial charge in [0.2, 0.25) is 0 Å². The molecule has 0 unspecified atom stereocenters. The quantitative estimate of drug-likeness (QED) is 0.347. The molecular formula is C8H16S2. The van der Waals surface area contributed by atoms with Crippen LogP contribution in [0.15, 0.2) is 12.7 Å². The minimum absolute atomic E-state index is 0.687. The van der Waals surface area contributed by atoms with Crippen LogP contribution < -0.4 is 0 Å². The van der Waals surface area contributed by atoms with Crippen LogP contribution in [-0.2, 0) is 0 Å². The molecule has 0 saturated heterocycles. The van der Waals surface area contributed by atoms with Gasteiger partial charge >= 0.3 is 0 Å². The van der Waals surface area contributed by atoms with Crippen molar-refractivity contribution in [3.05, 3.63) is 12.7 Å². The number of allylic oxidation sites excluding steroid dienone is 1. The fourth-order valence-electron chi connectivity index (χ4n) is 0.791. The number of thiol groups is 2. The van der Waals surface area contributed by atoms with Crippen LogP contribution in [0.1, 0.15) is 19.3 Å². The molecule has 0 aromatic heterocycles. The summed E-state index contributed by atoms with van der Waals surface area (Å²) in [5, 5.41) is 0. The Bertz CT molecular complexity index is 77.3. The van der Waals surface area contributed by atoms with Crippen LogP contribution in [0.3, 0.4) is 0 Å². The van der Waals surface area contributed by atoms with Crippen LogP contribution in [0, 0.1) is 5.92 Å².